The van der Waals surface area contributed by atoms with Gasteiger partial charge in [0.2, 0.25) is 5.91 Å². The molecule has 1 aliphatic rings. The van der Waals surface area contributed by atoms with E-state index in [1.807, 2.05) is 35.4 Å². The summed E-state index contributed by atoms with van der Waals surface area (Å²) in [5.74, 6) is 0.701. The van der Waals surface area contributed by atoms with E-state index in [-0.39, 0.29) is 23.9 Å². The first kappa shape index (κ1) is 23.8. The molecule has 1 saturated heterocycles. The number of rotatable bonds is 4. The van der Waals surface area contributed by atoms with Crippen molar-refractivity contribution in [1.82, 2.24) is 19.9 Å². The Morgan fingerprint density at radius 1 is 1.08 bits per heavy atom. The zero-order valence-electron chi connectivity index (χ0n) is 20.3. The lowest BCUT2D eigenvalue weighted by molar-refractivity contribution is -0.133. The quantitative estimate of drug-likeness (QED) is 0.410. The Labute approximate surface area is 214 Å². The molecule has 184 valence electrons. The summed E-state index contributed by atoms with van der Waals surface area (Å²) >= 11 is 6.03. The molecule has 0 radical (unpaired) electrons. The summed E-state index contributed by atoms with van der Waals surface area (Å²) in [4.78, 5) is 41.5. The average molecular weight is 503 g/mol. The first-order chi connectivity index (χ1) is 17.3. The summed E-state index contributed by atoms with van der Waals surface area (Å²) in [6, 6.07) is 14.8. The molecule has 0 unspecified atom stereocenters. The number of hydrogen-bond acceptors (Lipinski definition) is 5. The van der Waals surface area contributed by atoms with Gasteiger partial charge in [0.25, 0.3) is 5.91 Å². The fraction of sp³-hybridized carbons (Fsp3) is 0.259. The molecule has 1 aromatic carbocycles. The van der Waals surface area contributed by atoms with Crippen LogP contribution in [0.25, 0.3) is 22.3 Å². The summed E-state index contributed by atoms with van der Waals surface area (Å²) in [6.45, 7) is 7.19. The van der Waals surface area contributed by atoms with Gasteiger partial charge in [-0.05, 0) is 50.2 Å². The minimum Gasteiger partial charge on any atom is -0.352 e. The van der Waals surface area contributed by atoms with E-state index in [2.05, 4.69) is 34.0 Å². The average Bonchev–Trinajstić information content (AvgIpc) is 3.27. The van der Waals surface area contributed by atoms with Crippen molar-refractivity contribution in [2.24, 2.45) is 0 Å². The molecule has 5 rings (SSSR count). The largest absolute Gasteiger partial charge is 0.352 e. The van der Waals surface area contributed by atoms with Gasteiger partial charge in [-0.25, -0.2) is 9.97 Å². The molecule has 2 amide bonds. The highest BCUT2D eigenvalue weighted by molar-refractivity contribution is 6.31. The molecule has 0 saturated carbocycles. The predicted octanol–water partition coefficient (Wildman–Crippen LogP) is 4.98. The molecule has 1 aliphatic heterocycles. The van der Waals surface area contributed by atoms with Crippen LogP contribution >= 0.6 is 11.6 Å². The number of halogens is 1. The van der Waals surface area contributed by atoms with Crippen molar-refractivity contribution in [2.45, 2.75) is 32.9 Å². The van der Waals surface area contributed by atoms with E-state index in [1.165, 1.54) is 0 Å². The number of nitrogens with zero attached hydrogens (tertiary/aromatic N) is 4. The van der Waals surface area contributed by atoms with Crippen LogP contribution < -0.4 is 10.2 Å². The maximum Gasteiger partial charge on any atom is 0.255 e. The number of piperazine rings is 1. The number of amides is 2. The van der Waals surface area contributed by atoms with Crippen LogP contribution in [-0.2, 0) is 4.79 Å². The summed E-state index contributed by atoms with van der Waals surface area (Å²) in [5, 5.41) is 4.25. The van der Waals surface area contributed by atoms with E-state index < -0.39 is 0 Å². The van der Waals surface area contributed by atoms with Crippen LogP contribution in [0.4, 0.5) is 11.5 Å². The number of anilines is 2. The fourth-order valence-electron chi connectivity index (χ4n) is 5.00. The number of nitrogens with one attached hydrogen (secondary N) is 2. The van der Waals surface area contributed by atoms with Crippen LogP contribution in [0.2, 0.25) is 5.02 Å². The Morgan fingerprint density at radius 3 is 2.56 bits per heavy atom. The first-order valence-electron chi connectivity index (χ1n) is 11.9. The molecule has 2 N–H and O–H groups in total. The van der Waals surface area contributed by atoms with E-state index in [0.717, 1.165) is 35.6 Å². The molecule has 3 aromatic heterocycles. The monoisotopic (exact) mass is 502 g/mol. The van der Waals surface area contributed by atoms with Crippen LogP contribution in [-0.4, -0.2) is 56.8 Å². The zero-order chi connectivity index (χ0) is 25.4. The summed E-state index contributed by atoms with van der Waals surface area (Å²) < 4.78 is 0. The number of hydrogen-bond donors (Lipinski definition) is 2. The highest BCUT2D eigenvalue weighted by atomic mass is 35.5. The van der Waals surface area contributed by atoms with Crippen molar-refractivity contribution in [2.75, 3.05) is 23.3 Å². The van der Waals surface area contributed by atoms with Gasteiger partial charge in [0.05, 0.1) is 17.6 Å². The number of benzene rings is 1. The minimum atomic E-state index is -0.260. The van der Waals surface area contributed by atoms with Crippen LogP contribution in [0.1, 0.15) is 31.1 Å². The Hall–Kier alpha value is -3.91. The lowest BCUT2D eigenvalue weighted by Gasteiger charge is -2.44. The summed E-state index contributed by atoms with van der Waals surface area (Å²) in [6.07, 6.45) is 3.50. The highest BCUT2D eigenvalue weighted by Crippen LogP contribution is 2.30. The van der Waals surface area contributed by atoms with Crippen LogP contribution in [0.3, 0.4) is 0 Å². The maximum absolute atomic E-state index is 12.7. The van der Waals surface area contributed by atoms with E-state index in [4.69, 9.17) is 16.6 Å². The van der Waals surface area contributed by atoms with Crippen molar-refractivity contribution in [3.63, 3.8) is 0 Å². The van der Waals surface area contributed by atoms with Crippen molar-refractivity contribution >= 4 is 46.0 Å². The fourth-order valence-corrected chi connectivity index (χ4v) is 5.19. The second-order valence-electron chi connectivity index (χ2n) is 9.20. The molecular formula is C27H27ClN6O2. The van der Waals surface area contributed by atoms with Gasteiger partial charge >= 0.3 is 0 Å². The van der Waals surface area contributed by atoms with Crippen molar-refractivity contribution in [3.05, 3.63) is 71.5 Å². The minimum absolute atomic E-state index is 0.0969. The van der Waals surface area contributed by atoms with Crippen LogP contribution in [0.15, 0.2) is 60.9 Å². The van der Waals surface area contributed by atoms with Crippen LogP contribution in [0, 0.1) is 0 Å². The van der Waals surface area contributed by atoms with Gasteiger partial charge in [-0.3, -0.25) is 9.59 Å². The molecule has 2 atom stereocenters. The van der Waals surface area contributed by atoms with E-state index in [1.54, 1.807) is 37.4 Å². The molecule has 0 aliphatic carbocycles. The Morgan fingerprint density at radius 2 is 1.83 bits per heavy atom. The molecule has 0 bridgehead atoms. The van der Waals surface area contributed by atoms with Gasteiger partial charge in [0.1, 0.15) is 11.5 Å². The second kappa shape index (κ2) is 9.62. The zero-order valence-corrected chi connectivity index (χ0v) is 21.1. The van der Waals surface area contributed by atoms with E-state index in [0.29, 0.717) is 21.9 Å². The molecular weight excluding hydrogens is 476 g/mol. The van der Waals surface area contributed by atoms with Gasteiger partial charge in [0.15, 0.2) is 0 Å². The van der Waals surface area contributed by atoms with E-state index >= 15 is 0 Å². The van der Waals surface area contributed by atoms with Gasteiger partial charge < -0.3 is 20.1 Å². The molecule has 0 spiro atoms. The number of fused-ring (bicyclic) bond motifs is 1. The molecule has 9 heteroatoms. The Balaban J connectivity index is 1.42. The molecule has 1 fully saturated rings. The molecule has 8 nitrogen and oxygen atoms in total. The molecule has 4 aromatic rings. The molecule has 4 heterocycles. The number of pyridine rings is 2. The number of carbonyl (C=O) groups excluding carboxylic acids is 2. The lowest BCUT2D eigenvalue weighted by atomic mass is 10.1. The number of carbonyl (C=O) groups is 2. The maximum atomic E-state index is 12.7. The number of H-pyrrole nitrogens is 1. The SMILES string of the molecule is CC(=O)N1[C@H](C)CN(c2cccc(-c3c[nH]c4ncc(NC(=O)c5cccc(Cl)c5)cc34)n2)C[C@@H]1C. The third-order valence-electron chi connectivity index (χ3n) is 6.49. The highest BCUT2D eigenvalue weighted by Gasteiger charge is 2.31. The Kier molecular flexibility index (Phi) is 6.36. The topological polar surface area (TPSA) is 94.2 Å². The van der Waals surface area contributed by atoms with Gasteiger partial charge in [-0.1, -0.05) is 23.7 Å². The second-order valence-corrected chi connectivity index (χ2v) is 9.63. The number of aromatic amines is 1. The van der Waals surface area contributed by atoms with Crippen LogP contribution in [0.5, 0.6) is 0 Å². The van der Waals surface area contributed by atoms with Crippen molar-refractivity contribution in [3.8, 4) is 11.3 Å². The van der Waals surface area contributed by atoms with Crippen molar-refractivity contribution in [1.29, 1.82) is 0 Å². The lowest BCUT2D eigenvalue weighted by Crippen LogP contribution is -2.58. The Bertz CT molecular complexity index is 1440. The van der Waals surface area contributed by atoms with Gasteiger partial charge in [-0.15, -0.1) is 0 Å². The normalized spacial score (nSPS) is 17.9. The van der Waals surface area contributed by atoms with Gasteiger partial charge in [0, 0.05) is 59.8 Å². The first-order valence-corrected chi connectivity index (χ1v) is 12.2. The standard InChI is InChI=1S/C27H27ClN6O2/c1-16-14-33(15-17(2)34(16)18(3)35)25-9-5-8-24(32-25)23-13-30-26-22(23)11-21(12-29-26)31-27(36)19-6-4-7-20(28)10-19/h4-13,16-17H,14-15H2,1-3H3,(H,29,30)(H,31,36)/t16-,17+. The summed E-state index contributed by atoms with van der Waals surface area (Å²) in [7, 11) is 0. The number of aromatic nitrogens is 3. The van der Waals surface area contributed by atoms with Crippen molar-refractivity contribution < 1.29 is 9.59 Å². The third kappa shape index (κ3) is 4.64. The smallest absolute Gasteiger partial charge is 0.255 e. The molecule has 36 heavy (non-hydrogen) atoms. The van der Waals surface area contributed by atoms with Gasteiger partial charge in [-0.2, -0.15) is 0 Å². The predicted molar refractivity (Wildman–Crippen MR) is 142 cm³/mol. The third-order valence-corrected chi connectivity index (χ3v) is 6.73. The van der Waals surface area contributed by atoms with E-state index in [9.17, 15) is 9.59 Å². The summed E-state index contributed by atoms with van der Waals surface area (Å²) in [5.41, 5.74) is 3.44.